The fraction of sp³-hybridized carbons (Fsp3) is 0.300. The van der Waals surface area contributed by atoms with E-state index in [1.54, 1.807) is 0 Å². The van der Waals surface area contributed by atoms with Crippen molar-refractivity contribution in [1.29, 1.82) is 0 Å². The number of aromatic nitrogens is 1. The van der Waals surface area contributed by atoms with Gasteiger partial charge in [-0.15, -0.1) is 0 Å². The zero-order valence-corrected chi connectivity index (χ0v) is 7.67. The minimum atomic E-state index is -4.50. The van der Waals surface area contributed by atoms with E-state index in [4.69, 9.17) is 5.11 Å². The van der Waals surface area contributed by atoms with Gasteiger partial charge in [-0.2, -0.15) is 13.2 Å². The van der Waals surface area contributed by atoms with E-state index in [-0.39, 0.29) is 18.6 Å². The third kappa shape index (κ3) is 3.26. The minimum Gasteiger partial charge on any atom is -0.395 e. The summed E-state index contributed by atoms with van der Waals surface area (Å²) in [5, 5.41) is 8.43. The average Bonchev–Trinajstić information content (AvgIpc) is 2.17. The van der Waals surface area contributed by atoms with Gasteiger partial charge in [0.2, 0.25) is 0 Å². The Bertz CT molecular complexity index is 390. The maximum absolute atomic E-state index is 12.4. The van der Waals surface area contributed by atoms with Crippen LogP contribution in [0.4, 0.5) is 13.2 Å². The Morgan fingerprint density at radius 3 is 2.73 bits per heavy atom. The Labute approximate surface area is 84.8 Å². The van der Waals surface area contributed by atoms with Gasteiger partial charge in [0.05, 0.1) is 12.2 Å². The van der Waals surface area contributed by atoms with E-state index in [9.17, 15) is 13.2 Å². The second kappa shape index (κ2) is 4.80. The molecule has 1 N–H and O–H groups in total. The molecule has 2 nitrogen and oxygen atoms in total. The first kappa shape index (κ1) is 11.5. The van der Waals surface area contributed by atoms with Crippen LogP contribution in [-0.2, 0) is 6.18 Å². The molecule has 1 rings (SSSR count). The number of aliphatic hydroxyl groups is 1. The molecule has 80 valence electrons. The Morgan fingerprint density at radius 2 is 2.13 bits per heavy atom. The predicted octanol–water partition coefficient (Wildman–Crippen LogP) is 1.83. The number of hydrogen-bond acceptors (Lipinski definition) is 2. The molecule has 0 saturated heterocycles. The van der Waals surface area contributed by atoms with E-state index in [1.165, 1.54) is 12.1 Å². The summed E-state index contributed by atoms with van der Waals surface area (Å²) in [7, 11) is 0. The molecule has 0 spiro atoms. The lowest BCUT2D eigenvalue weighted by atomic mass is 10.2. The number of rotatable bonds is 1. The van der Waals surface area contributed by atoms with Crippen molar-refractivity contribution in [3.63, 3.8) is 0 Å². The first-order valence-electron chi connectivity index (χ1n) is 4.17. The summed E-state index contributed by atoms with van der Waals surface area (Å²) in [6.07, 6.45) is -3.28. The van der Waals surface area contributed by atoms with Crippen LogP contribution in [0.1, 0.15) is 17.7 Å². The molecule has 0 radical (unpaired) electrons. The first-order chi connectivity index (χ1) is 7.05. The molecule has 15 heavy (non-hydrogen) atoms. The van der Waals surface area contributed by atoms with E-state index in [0.717, 1.165) is 6.20 Å². The van der Waals surface area contributed by atoms with E-state index in [1.807, 2.05) is 0 Å². The maximum Gasteiger partial charge on any atom is 0.434 e. The third-order valence-electron chi connectivity index (χ3n) is 1.54. The number of aliphatic hydroxyl groups excluding tert-OH is 1. The lowest BCUT2D eigenvalue weighted by Gasteiger charge is -2.06. The number of halogens is 3. The van der Waals surface area contributed by atoms with Crippen LogP contribution < -0.4 is 0 Å². The van der Waals surface area contributed by atoms with Crippen molar-refractivity contribution in [2.45, 2.75) is 12.6 Å². The molecule has 0 amide bonds. The Hall–Kier alpha value is -1.54. The highest BCUT2D eigenvalue weighted by atomic mass is 19.4. The van der Waals surface area contributed by atoms with Crippen molar-refractivity contribution >= 4 is 0 Å². The lowest BCUT2D eigenvalue weighted by Crippen LogP contribution is -2.10. The SMILES string of the molecule is OCCC#Cc1cccnc1C(F)(F)F. The molecule has 1 aromatic rings. The minimum absolute atomic E-state index is 0.145. The number of pyridine rings is 1. The third-order valence-corrected chi connectivity index (χ3v) is 1.54. The van der Waals surface area contributed by atoms with E-state index < -0.39 is 11.9 Å². The zero-order valence-electron chi connectivity index (χ0n) is 7.67. The van der Waals surface area contributed by atoms with Gasteiger partial charge in [0, 0.05) is 12.6 Å². The van der Waals surface area contributed by atoms with Crippen molar-refractivity contribution < 1.29 is 18.3 Å². The summed E-state index contributed by atoms with van der Waals surface area (Å²) in [6, 6.07) is 2.64. The summed E-state index contributed by atoms with van der Waals surface area (Å²) in [5.41, 5.74) is -1.16. The van der Waals surface area contributed by atoms with Crippen molar-refractivity contribution in [2.24, 2.45) is 0 Å². The Kier molecular flexibility index (Phi) is 3.69. The molecule has 0 atom stereocenters. The molecule has 0 aromatic carbocycles. The molecule has 1 heterocycles. The summed E-state index contributed by atoms with van der Waals surface area (Å²) < 4.78 is 37.1. The second-order valence-electron chi connectivity index (χ2n) is 2.67. The smallest absolute Gasteiger partial charge is 0.395 e. The van der Waals surface area contributed by atoms with Crippen LogP contribution in [0.15, 0.2) is 18.3 Å². The average molecular weight is 215 g/mol. The normalized spacial score (nSPS) is 10.7. The molecular weight excluding hydrogens is 207 g/mol. The monoisotopic (exact) mass is 215 g/mol. The largest absolute Gasteiger partial charge is 0.434 e. The van der Waals surface area contributed by atoms with Gasteiger partial charge in [-0.25, -0.2) is 0 Å². The molecule has 5 heteroatoms. The first-order valence-corrected chi connectivity index (χ1v) is 4.17. The van der Waals surface area contributed by atoms with Gasteiger partial charge >= 0.3 is 6.18 Å². The molecule has 0 saturated carbocycles. The Balaban J connectivity index is 3.04. The van der Waals surface area contributed by atoms with Gasteiger partial charge < -0.3 is 5.11 Å². The van der Waals surface area contributed by atoms with Crippen LogP contribution in [0, 0.1) is 11.8 Å². The van der Waals surface area contributed by atoms with Gasteiger partial charge in [-0.1, -0.05) is 11.8 Å². The second-order valence-corrected chi connectivity index (χ2v) is 2.67. The quantitative estimate of drug-likeness (QED) is 0.725. The highest BCUT2D eigenvalue weighted by Gasteiger charge is 2.34. The molecule has 0 bridgehead atoms. The fourth-order valence-corrected chi connectivity index (χ4v) is 0.946. The van der Waals surface area contributed by atoms with Crippen molar-refractivity contribution in [3.05, 3.63) is 29.6 Å². The molecule has 1 aromatic heterocycles. The van der Waals surface area contributed by atoms with Crippen LogP contribution in [0.3, 0.4) is 0 Å². The lowest BCUT2D eigenvalue weighted by molar-refractivity contribution is -0.141. The van der Waals surface area contributed by atoms with Crippen molar-refractivity contribution in [2.75, 3.05) is 6.61 Å². The summed E-state index contributed by atoms with van der Waals surface area (Å²) in [5.74, 6) is 4.75. The molecule has 0 aliphatic heterocycles. The summed E-state index contributed by atoms with van der Waals surface area (Å²) in [6.45, 7) is -0.172. The highest BCUT2D eigenvalue weighted by Crippen LogP contribution is 2.29. The van der Waals surface area contributed by atoms with Crippen LogP contribution in [-0.4, -0.2) is 16.7 Å². The number of hydrogen-bond donors (Lipinski definition) is 1. The van der Waals surface area contributed by atoms with Crippen LogP contribution in [0.2, 0.25) is 0 Å². The zero-order chi connectivity index (χ0) is 11.3. The van der Waals surface area contributed by atoms with Gasteiger partial charge in [0.25, 0.3) is 0 Å². The van der Waals surface area contributed by atoms with Crippen molar-refractivity contribution in [1.82, 2.24) is 4.98 Å². The van der Waals surface area contributed by atoms with Gasteiger partial charge in [0.1, 0.15) is 0 Å². The van der Waals surface area contributed by atoms with Gasteiger partial charge in [0.15, 0.2) is 5.69 Å². The van der Waals surface area contributed by atoms with Crippen LogP contribution in [0.25, 0.3) is 0 Å². The van der Waals surface area contributed by atoms with E-state index in [2.05, 4.69) is 16.8 Å². The van der Waals surface area contributed by atoms with Crippen molar-refractivity contribution in [3.8, 4) is 11.8 Å². The number of nitrogens with zero attached hydrogens (tertiary/aromatic N) is 1. The van der Waals surface area contributed by atoms with Gasteiger partial charge in [-0.3, -0.25) is 4.98 Å². The molecule has 0 unspecified atom stereocenters. The standard InChI is InChI=1S/C10H8F3NO/c11-10(12,13)9-8(4-1-2-7-15)5-3-6-14-9/h3,5-6,15H,2,7H2. The highest BCUT2D eigenvalue weighted by molar-refractivity contribution is 5.38. The summed E-state index contributed by atoms with van der Waals surface area (Å²) >= 11 is 0. The topological polar surface area (TPSA) is 33.1 Å². The number of alkyl halides is 3. The van der Waals surface area contributed by atoms with Crippen LogP contribution >= 0.6 is 0 Å². The summed E-state index contributed by atoms with van der Waals surface area (Å²) in [4.78, 5) is 3.24. The molecular formula is C10H8F3NO. The Morgan fingerprint density at radius 1 is 1.40 bits per heavy atom. The molecule has 0 fully saturated rings. The predicted molar refractivity (Wildman–Crippen MR) is 47.8 cm³/mol. The van der Waals surface area contributed by atoms with E-state index >= 15 is 0 Å². The van der Waals surface area contributed by atoms with Crippen LogP contribution in [0.5, 0.6) is 0 Å². The fourth-order valence-electron chi connectivity index (χ4n) is 0.946. The van der Waals surface area contributed by atoms with Gasteiger partial charge in [-0.05, 0) is 12.1 Å². The molecule has 0 aliphatic carbocycles. The van der Waals surface area contributed by atoms with E-state index in [0.29, 0.717) is 0 Å². The maximum atomic E-state index is 12.4. The molecule has 0 aliphatic rings.